The number of hydrogen-bond donors (Lipinski definition) is 0. The molecule has 4 aliphatic heterocycles. The van der Waals surface area contributed by atoms with Crippen LogP contribution in [0, 0.1) is 17.8 Å². The van der Waals surface area contributed by atoms with Crippen molar-refractivity contribution in [3.63, 3.8) is 0 Å². The molecule has 0 aromatic heterocycles. The van der Waals surface area contributed by atoms with E-state index in [0.29, 0.717) is 42.8 Å². The number of hydrogen-bond acceptors (Lipinski definition) is 4. The normalized spacial score (nSPS) is 34.9. The Kier molecular flexibility index (Phi) is 11.3. The minimum Gasteiger partial charge on any atom is -0.370 e. The Balaban J connectivity index is 0.000000175. The van der Waals surface area contributed by atoms with Gasteiger partial charge in [0.1, 0.15) is 0 Å². The molecule has 0 spiro atoms. The van der Waals surface area contributed by atoms with Crippen LogP contribution in [0.1, 0.15) is 98.3 Å². The summed E-state index contributed by atoms with van der Waals surface area (Å²) in [6.45, 7) is 13.7. The molecule has 6 rings (SSSR count). The Hall–Kier alpha value is -1.66. The summed E-state index contributed by atoms with van der Waals surface area (Å²) in [6, 6.07) is 0.475. The third-order valence-corrected chi connectivity index (χ3v) is 9.22. The van der Waals surface area contributed by atoms with Crippen molar-refractivity contribution in [1.29, 1.82) is 0 Å². The zero-order chi connectivity index (χ0) is 25.7. The number of fused-ring (bicyclic) bond motifs is 2. The van der Waals surface area contributed by atoms with Crippen molar-refractivity contribution in [2.75, 3.05) is 13.1 Å². The summed E-state index contributed by atoms with van der Waals surface area (Å²) < 4.78 is 11.0. The topological polar surface area (TPSA) is 65.7 Å². The smallest absolute Gasteiger partial charge is 0.226 e. The Bertz CT molecular complexity index is 785. The highest BCUT2D eigenvalue weighted by Gasteiger charge is 2.45. The highest BCUT2D eigenvalue weighted by Crippen LogP contribution is 2.43. The van der Waals surface area contributed by atoms with Gasteiger partial charge in [-0.05, 0) is 88.2 Å². The summed E-state index contributed by atoms with van der Waals surface area (Å²) in [7, 11) is 0. The molecule has 2 saturated carbocycles. The van der Waals surface area contributed by atoms with Crippen LogP contribution in [-0.2, 0) is 19.1 Å². The van der Waals surface area contributed by atoms with Gasteiger partial charge in [0.2, 0.25) is 11.8 Å². The number of nitrogens with zero attached hydrogens (tertiary/aromatic N) is 2. The molecule has 0 bridgehead atoms. The van der Waals surface area contributed by atoms with Gasteiger partial charge < -0.3 is 19.3 Å². The van der Waals surface area contributed by atoms with Crippen LogP contribution in [0.3, 0.4) is 0 Å². The zero-order valence-corrected chi connectivity index (χ0v) is 22.6. The molecule has 6 nitrogen and oxygen atoms in total. The fourth-order valence-electron chi connectivity index (χ4n) is 6.65. The predicted octanol–water partition coefficient (Wildman–Crippen LogP) is 6.11. The average Bonchev–Trinajstić information content (AvgIpc) is 3.77. The van der Waals surface area contributed by atoms with Gasteiger partial charge in [-0.2, -0.15) is 0 Å². The summed E-state index contributed by atoms with van der Waals surface area (Å²) in [5.41, 5.74) is 0. The monoisotopic (exact) mass is 516 g/mol. The lowest BCUT2D eigenvalue weighted by Crippen LogP contribution is -2.38. The van der Waals surface area contributed by atoms with Gasteiger partial charge in [0.05, 0.1) is 24.4 Å². The van der Waals surface area contributed by atoms with E-state index in [1.807, 2.05) is 0 Å². The van der Waals surface area contributed by atoms with Crippen LogP contribution in [-0.4, -0.2) is 65.2 Å². The van der Waals surface area contributed by atoms with E-state index in [1.165, 1.54) is 44.9 Å². The summed E-state index contributed by atoms with van der Waals surface area (Å²) in [6.07, 6.45) is 19.5. The molecule has 210 valence electrons. The molecule has 4 saturated heterocycles. The second kappa shape index (κ2) is 13.9. The Morgan fingerprint density at radius 2 is 1.57 bits per heavy atom. The van der Waals surface area contributed by atoms with Crippen LogP contribution in [0.5, 0.6) is 0 Å². The number of epoxide rings is 2. The molecule has 8 unspecified atom stereocenters. The SMILES string of the molecule is C.C=CC1CCC2OC2C1.C=CN1CCCC1=O.CCC(CC(C)C1CCC2OC2C1)N1CCCC1=O. The summed E-state index contributed by atoms with van der Waals surface area (Å²) in [4.78, 5) is 26.4. The standard InChI is InChI=1S/C16H27NO2.C8H12O.C6H9NO.CH4/c1-3-13(17-8-4-5-16(17)18)9-11(2)12-6-7-14-15(10-12)19-14;1-2-6-3-4-7-8(5-6)9-7;1-2-7-5-3-4-6(7)8;/h11-15H,3-10H2,1-2H3;2,6-8H,1,3-5H2;2H,1,3-5H2;1H4. The van der Waals surface area contributed by atoms with Crippen molar-refractivity contribution in [3.8, 4) is 0 Å². The second-order valence-electron chi connectivity index (χ2n) is 11.6. The van der Waals surface area contributed by atoms with Crippen molar-refractivity contribution < 1.29 is 19.1 Å². The van der Waals surface area contributed by atoms with Crippen LogP contribution in [0.15, 0.2) is 25.4 Å². The lowest BCUT2D eigenvalue weighted by molar-refractivity contribution is -0.130. The largest absolute Gasteiger partial charge is 0.370 e. The molecule has 0 aromatic rings. The van der Waals surface area contributed by atoms with E-state index in [2.05, 4.69) is 38.0 Å². The summed E-state index contributed by atoms with van der Waals surface area (Å²) >= 11 is 0. The highest BCUT2D eigenvalue weighted by molar-refractivity contribution is 5.79. The average molecular weight is 517 g/mol. The first-order chi connectivity index (χ1) is 17.4. The van der Waals surface area contributed by atoms with Crippen molar-refractivity contribution in [1.82, 2.24) is 9.80 Å². The van der Waals surface area contributed by atoms with Crippen molar-refractivity contribution in [2.45, 2.75) is 129 Å². The molecule has 2 aliphatic carbocycles. The first-order valence-electron chi connectivity index (χ1n) is 14.6. The number of likely N-dealkylation sites (tertiary alicyclic amines) is 2. The Labute approximate surface area is 225 Å². The lowest BCUT2D eigenvalue weighted by atomic mass is 9.78. The molecule has 6 aliphatic rings. The molecular formula is C31H52N2O4. The molecule has 37 heavy (non-hydrogen) atoms. The number of amides is 2. The zero-order valence-electron chi connectivity index (χ0n) is 22.6. The molecular weight excluding hydrogens is 464 g/mol. The van der Waals surface area contributed by atoms with Crippen molar-refractivity contribution in [3.05, 3.63) is 25.4 Å². The van der Waals surface area contributed by atoms with Gasteiger partial charge in [0.25, 0.3) is 0 Å². The third-order valence-electron chi connectivity index (χ3n) is 9.22. The Morgan fingerprint density at radius 1 is 0.919 bits per heavy atom. The first kappa shape index (κ1) is 29.9. The molecule has 6 heteroatoms. The van der Waals surface area contributed by atoms with Gasteiger partial charge >= 0.3 is 0 Å². The van der Waals surface area contributed by atoms with E-state index in [-0.39, 0.29) is 13.3 Å². The maximum Gasteiger partial charge on any atom is 0.226 e. The molecule has 6 fully saturated rings. The minimum atomic E-state index is 0. The van der Waals surface area contributed by atoms with E-state index in [4.69, 9.17) is 9.47 Å². The van der Waals surface area contributed by atoms with Gasteiger partial charge in [0, 0.05) is 32.0 Å². The van der Waals surface area contributed by atoms with Crippen molar-refractivity contribution >= 4 is 11.8 Å². The van der Waals surface area contributed by atoms with Crippen LogP contribution >= 0.6 is 0 Å². The quantitative estimate of drug-likeness (QED) is 0.302. The predicted molar refractivity (Wildman–Crippen MR) is 149 cm³/mol. The van der Waals surface area contributed by atoms with Gasteiger partial charge in [0.15, 0.2) is 0 Å². The number of rotatable bonds is 7. The summed E-state index contributed by atoms with van der Waals surface area (Å²) in [5, 5.41) is 0. The number of carbonyl (C=O) groups excluding carboxylic acids is 2. The van der Waals surface area contributed by atoms with E-state index in [1.54, 1.807) is 11.1 Å². The summed E-state index contributed by atoms with van der Waals surface area (Å²) in [5.74, 6) is 2.88. The molecule has 0 N–H and O–H groups in total. The van der Waals surface area contributed by atoms with Gasteiger partial charge in [-0.15, -0.1) is 6.58 Å². The maximum atomic E-state index is 11.9. The minimum absolute atomic E-state index is 0. The molecule has 0 radical (unpaired) electrons. The van der Waals surface area contributed by atoms with Gasteiger partial charge in [-0.3, -0.25) is 9.59 Å². The first-order valence-corrected chi connectivity index (χ1v) is 14.6. The Morgan fingerprint density at radius 3 is 2.05 bits per heavy atom. The van der Waals surface area contributed by atoms with Crippen LogP contribution in [0.4, 0.5) is 0 Å². The van der Waals surface area contributed by atoms with E-state index in [0.717, 1.165) is 56.5 Å². The van der Waals surface area contributed by atoms with Gasteiger partial charge in [-0.25, -0.2) is 0 Å². The van der Waals surface area contributed by atoms with E-state index >= 15 is 0 Å². The van der Waals surface area contributed by atoms with Gasteiger partial charge in [-0.1, -0.05) is 33.9 Å². The fourth-order valence-corrected chi connectivity index (χ4v) is 6.65. The number of carbonyl (C=O) groups is 2. The lowest BCUT2D eigenvalue weighted by Gasteiger charge is -2.33. The number of ether oxygens (including phenoxy) is 2. The second-order valence-corrected chi connectivity index (χ2v) is 11.6. The van der Waals surface area contributed by atoms with E-state index in [9.17, 15) is 9.59 Å². The molecule has 4 heterocycles. The van der Waals surface area contributed by atoms with Crippen LogP contribution in [0.25, 0.3) is 0 Å². The fraction of sp³-hybridized carbons (Fsp3) is 0.806. The van der Waals surface area contributed by atoms with Crippen molar-refractivity contribution in [2.24, 2.45) is 17.8 Å². The molecule has 2 amide bonds. The molecule has 0 aromatic carbocycles. The maximum absolute atomic E-state index is 11.9. The number of allylic oxidation sites excluding steroid dienone is 1. The van der Waals surface area contributed by atoms with Crippen LogP contribution < -0.4 is 0 Å². The third kappa shape index (κ3) is 8.16. The molecule has 8 atom stereocenters. The van der Waals surface area contributed by atoms with E-state index < -0.39 is 0 Å². The van der Waals surface area contributed by atoms with Crippen LogP contribution in [0.2, 0.25) is 0 Å². The highest BCUT2D eigenvalue weighted by atomic mass is 16.6.